The van der Waals surface area contributed by atoms with Crippen molar-refractivity contribution in [3.63, 3.8) is 0 Å². The van der Waals surface area contributed by atoms with Gasteiger partial charge in [-0.1, -0.05) is 30.3 Å². The van der Waals surface area contributed by atoms with Gasteiger partial charge in [0.2, 0.25) is 0 Å². The minimum Gasteiger partial charge on any atom is -0.550 e. The normalized spacial score (nSPS) is 9.33. The van der Waals surface area contributed by atoms with Gasteiger partial charge in [0.25, 0.3) is 0 Å². The first-order chi connectivity index (χ1) is 7.77. The summed E-state index contributed by atoms with van der Waals surface area (Å²) in [7, 11) is 0. The number of hydrogen-bond donors (Lipinski definition) is 1. The number of benzene rings is 1. The van der Waals surface area contributed by atoms with Crippen LogP contribution in [-0.4, -0.2) is 11.9 Å². The van der Waals surface area contributed by atoms with Crippen LogP contribution in [0, 0.1) is 0 Å². The van der Waals surface area contributed by atoms with Crippen LogP contribution in [0.2, 0.25) is 0 Å². The fraction of sp³-hybridized carbons (Fsp3) is 0.333. The van der Waals surface area contributed by atoms with Crippen molar-refractivity contribution >= 4 is 11.9 Å². The molecule has 0 saturated carbocycles. The molecule has 0 saturated heterocycles. The first-order valence-corrected chi connectivity index (χ1v) is 4.93. The second kappa shape index (κ2) is 13.7. The van der Waals surface area contributed by atoms with Gasteiger partial charge >= 0.3 is 17.1 Å². The van der Waals surface area contributed by atoms with E-state index in [9.17, 15) is 0 Å². The van der Waals surface area contributed by atoms with Crippen LogP contribution in [0.25, 0.3) is 0 Å². The Bertz CT molecular complexity index is 308. The van der Waals surface area contributed by atoms with Gasteiger partial charge in [0.15, 0.2) is 0 Å². The van der Waals surface area contributed by atoms with Crippen molar-refractivity contribution in [2.24, 2.45) is 5.73 Å². The van der Waals surface area contributed by atoms with E-state index in [1.54, 1.807) is 0 Å². The standard InChI is InChI=1S/C8H11N.2C2H4O2.Cu/c1-7(9)8-5-3-2-4-6-8;2*1-2(3)4;/h2-7H,9H2,1H3;2*1H3,(H,3,4);/q;;;+2/p-2/t7-;;;/m1.../s1. The number of nitrogens with two attached hydrogens (primary N) is 1. The average Bonchev–Trinajstić information content (AvgIpc) is 2.17. The SMILES string of the molecule is CC(=O)[O-].CC(=O)[O-].C[C@@H](N)c1ccccc1.[Cu+2]. The number of carboxylic acids is 2. The molecule has 0 amide bonds. The van der Waals surface area contributed by atoms with E-state index in [0.29, 0.717) is 0 Å². The molecule has 0 unspecified atom stereocenters. The van der Waals surface area contributed by atoms with Gasteiger partial charge in [0, 0.05) is 18.0 Å². The minimum atomic E-state index is -1.08. The van der Waals surface area contributed by atoms with Crippen LogP contribution in [0.1, 0.15) is 32.4 Å². The zero-order valence-electron chi connectivity index (χ0n) is 10.5. The molecule has 0 spiro atoms. The summed E-state index contributed by atoms with van der Waals surface area (Å²) in [6.45, 7) is 3.93. The maximum Gasteiger partial charge on any atom is 2.00 e. The molecule has 105 valence electrons. The number of carbonyl (C=O) groups excluding carboxylic acids is 2. The van der Waals surface area contributed by atoms with E-state index in [1.165, 1.54) is 5.56 Å². The maximum absolute atomic E-state index is 8.89. The minimum absolute atomic E-state index is 0. The van der Waals surface area contributed by atoms with Crippen molar-refractivity contribution in [2.75, 3.05) is 0 Å². The van der Waals surface area contributed by atoms with Crippen molar-refractivity contribution < 1.29 is 36.9 Å². The Morgan fingerprint density at radius 3 is 1.50 bits per heavy atom. The molecule has 1 aromatic carbocycles. The summed E-state index contributed by atoms with van der Waals surface area (Å²) < 4.78 is 0. The van der Waals surface area contributed by atoms with E-state index in [2.05, 4.69) is 0 Å². The van der Waals surface area contributed by atoms with Crippen LogP contribution in [0.4, 0.5) is 0 Å². The molecule has 1 rings (SSSR count). The molecule has 0 aliphatic carbocycles. The monoisotopic (exact) mass is 302 g/mol. The first kappa shape index (κ1) is 21.9. The largest absolute Gasteiger partial charge is 2.00 e. The van der Waals surface area contributed by atoms with Gasteiger partial charge in [-0.25, -0.2) is 0 Å². The second-order valence-corrected chi connectivity index (χ2v) is 3.18. The van der Waals surface area contributed by atoms with Gasteiger partial charge in [-0.05, 0) is 26.3 Å². The third kappa shape index (κ3) is 24.1. The molecule has 1 atom stereocenters. The molecule has 2 N–H and O–H groups in total. The molecule has 18 heavy (non-hydrogen) atoms. The van der Waals surface area contributed by atoms with Gasteiger partial charge < -0.3 is 25.5 Å². The van der Waals surface area contributed by atoms with E-state index >= 15 is 0 Å². The molecule has 0 aliphatic heterocycles. The number of aliphatic carboxylic acids is 2. The number of rotatable bonds is 1. The van der Waals surface area contributed by atoms with E-state index in [0.717, 1.165) is 13.8 Å². The quantitative estimate of drug-likeness (QED) is 0.685. The van der Waals surface area contributed by atoms with E-state index < -0.39 is 11.9 Å². The summed E-state index contributed by atoms with van der Waals surface area (Å²) in [4.78, 5) is 17.8. The van der Waals surface area contributed by atoms with Gasteiger partial charge in [-0.2, -0.15) is 0 Å². The molecule has 1 aromatic rings. The zero-order chi connectivity index (χ0) is 13.8. The Morgan fingerprint density at radius 2 is 1.33 bits per heavy atom. The molecule has 5 nitrogen and oxygen atoms in total. The molecule has 6 heteroatoms. The van der Waals surface area contributed by atoms with Crippen LogP contribution in [0.5, 0.6) is 0 Å². The number of carboxylic acid groups (broad SMARTS) is 2. The van der Waals surface area contributed by atoms with Crippen LogP contribution in [0.15, 0.2) is 30.3 Å². The van der Waals surface area contributed by atoms with Crippen molar-refractivity contribution in [1.82, 2.24) is 0 Å². The third-order valence-electron chi connectivity index (χ3n) is 1.33. The number of carbonyl (C=O) groups is 2. The molecule has 0 fully saturated rings. The van der Waals surface area contributed by atoms with E-state index in [4.69, 9.17) is 25.5 Å². The summed E-state index contributed by atoms with van der Waals surface area (Å²) in [5.74, 6) is -2.17. The van der Waals surface area contributed by atoms with Crippen molar-refractivity contribution in [3.8, 4) is 0 Å². The van der Waals surface area contributed by atoms with Gasteiger partial charge in [0.1, 0.15) is 0 Å². The predicted molar refractivity (Wildman–Crippen MR) is 60.4 cm³/mol. The van der Waals surface area contributed by atoms with Crippen molar-refractivity contribution in [1.29, 1.82) is 0 Å². The third-order valence-corrected chi connectivity index (χ3v) is 1.33. The zero-order valence-corrected chi connectivity index (χ0v) is 11.4. The van der Waals surface area contributed by atoms with Gasteiger partial charge in [-0.3, -0.25) is 0 Å². The molecule has 0 bridgehead atoms. The van der Waals surface area contributed by atoms with Gasteiger partial charge in [-0.15, -0.1) is 0 Å². The summed E-state index contributed by atoms with van der Waals surface area (Å²) in [6.07, 6.45) is 0. The van der Waals surface area contributed by atoms with Crippen molar-refractivity contribution in [3.05, 3.63) is 35.9 Å². The van der Waals surface area contributed by atoms with Crippen LogP contribution in [0.3, 0.4) is 0 Å². The molecule has 0 heterocycles. The van der Waals surface area contributed by atoms with E-state index in [-0.39, 0.29) is 23.1 Å². The molecular weight excluding hydrogens is 286 g/mol. The maximum atomic E-state index is 8.89. The van der Waals surface area contributed by atoms with Crippen LogP contribution >= 0.6 is 0 Å². The molecular formula is C12H17CuNO4. The smallest absolute Gasteiger partial charge is 0.550 e. The Balaban J connectivity index is -0.000000214. The molecule has 1 radical (unpaired) electrons. The molecule has 0 aromatic heterocycles. The van der Waals surface area contributed by atoms with Gasteiger partial charge in [0.05, 0.1) is 0 Å². The Hall–Kier alpha value is -1.36. The van der Waals surface area contributed by atoms with Crippen LogP contribution in [-0.2, 0) is 26.7 Å². The second-order valence-electron chi connectivity index (χ2n) is 3.18. The summed E-state index contributed by atoms with van der Waals surface area (Å²) in [5.41, 5.74) is 6.81. The Labute approximate surface area is 117 Å². The topological polar surface area (TPSA) is 106 Å². The molecule has 0 aliphatic rings. The Kier molecular flexibility index (Phi) is 16.7. The fourth-order valence-corrected chi connectivity index (χ4v) is 0.757. The first-order valence-electron chi connectivity index (χ1n) is 4.93. The fourth-order valence-electron chi connectivity index (χ4n) is 0.757. The number of hydrogen-bond acceptors (Lipinski definition) is 5. The summed E-state index contributed by atoms with van der Waals surface area (Å²) in [5, 5.41) is 17.8. The summed E-state index contributed by atoms with van der Waals surface area (Å²) in [6, 6.07) is 10.2. The Morgan fingerprint density at radius 1 is 1.06 bits per heavy atom. The van der Waals surface area contributed by atoms with Crippen molar-refractivity contribution in [2.45, 2.75) is 26.8 Å². The average molecular weight is 303 g/mol. The predicted octanol–water partition coefficient (Wildman–Crippen LogP) is -0.784. The summed E-state index contributed by atoms with van der Waals surface area (Å²) >= 11 is 0. The van der Waals surface area contributed by atoms with E-state index in [1.807, 2.05) is 37.3 Å². The van der Waals surface area contributed by atoms with Crippen LogP contribution < -0.4 is 15.9 Å².